The molecule has 3 heteroatoms. The fraction of sp³-hybridized carbons (Fsp3) is 0.929. The fourth-order valence-electron chi connectivity index (χ4n) is 2.46. The van der Waals surface area contributed by atoms with Crippen molar-refractivity contribution >= 4 is 5.97 Å². The summed E-state index contributed by atoms with van der Waals surface area (Å²) < 4.78 is 0. The van der Waals surface area contributed by atoms with Gasteiger partial charge in [0.1, 0.15) is 0 Å². The lowest BCUT2D eigenvalue weighted by molar-refractivity contribution is -0.138. The van der Waals surface area contributed by atoms with E-state index >= 15 is 0 Å². The molecule has 0 aromatic heterocycles. The summed E-state index contributed by atoms with van der Waals surface area (Å²) in [5.41, 5.74) is 0. The second-order valence-electron chi connectivity index (χ2n) is 4.98. The van der Waals surface area contributed by atoms with Crippen LogP contribution in [0.25, 0.3) is 0 Å². The van der Waals surface area contributed by atoms with E-state index in [9.17, 15) is 4.79 Å². The second kappa shape index (κ2) is 9.46. The van der Waals surface area contributed by atoms with Crippen LogP contribution in [0.1, 0.15) is 66.2 Å². The largest absolute Gasteiger partial charge is 0.481 e. The first-order valence-corrected chi connectivity index (χ1v) is 7.00. The molecule has 3 nitrogen and oxygen atoms in total. The molecule has 0 fully saturated rings. The molecule has 0 bridgehead atoms. The van der Waals surface area contributed by atoms with Crippen LogP contribution in [0.5, 0.6) is 0 Å². The molecule has 0 saturated heterocycles. The van der Waals surface area contributed by atoms with Crippen LogP contribution in [0.2, 0.25) is 0 Å². The van der Waals surface area contributed by atoms with Gasteiger partial charge in [0.15, 0.2) is 0 Å². The minimum atomic E-state index is -0.700. The zero-order valence-electron chi connectivity index (χ0n) is 11.9. The number of unbranched alkanes of at least 4 members (excludes halogenated alkanes) is 3. The second-order valence-corrected chi connectivity index (χ2v) is 4.98. The third-order valence-corrected chi connectivity index (χ3v) is 3.44. The van der Waals surface area contributed by atoms with E-state index in [0.29, 0.717) is 6.04 Å². The van der Waals surface area contributed by atoms with E-state index in [1.807, 2.05) is 6.92 Å². The van der Waals surface area contributed by atoms with E-state index in [-0.39, 0.29) is 12.5 Å². The van der Waals surface area contributed by atoms with Crippen LogP contribution in [0, 0.1) is 0 Å². The molecule has 0 spiro atoms. The summed E-state index contributed by atoms with van der Waals surface area (Å²) in [6.45, 7) is 9.49. The summed E-state index contributed by atoms with van der Waals surface area (Å²) in [4.78, 5) is 13.0. The maximum atomic E-state index is 10.7. The van der Waals surface area contributed by atoms with Gasteiger partial charge >= 0.3 is 5.97 Å². The molecular weight excluding hydrogens is 214 g/mol. The summed E-state index contributed by atoms with van der Waals surface area (Å²) in [7, 11) is 0. The predicted octanol–water partition coefficient (Wildman–Crippen LogP) is 3.53. The molecule has 0 saturated carbocycles. The summed E-state index contributed by atoms with van der Waals surface area (Å²) in [5.74, 6) is -0.700. The molecule has 0 aliphatic heterocycles. The minimum Gasteiger partial charge on any atom is -0.481 e. The average Bonchev–Trinajstić information content (AvgIpc) is 2.24. The van der Waals surface area contributed by atoms with E-state index in [0.717, 1.165) is 6.54 Å². The van der Waals surface area contributed by atoms with Crippen LogP contribution >= 0.6 is 0 Å². The van der Waals surface area contributed by atoms with E-state index in [1.54, 1.807) is 0 Å². The summed E-state index contributed by atoms with van der Waals surface area (Å²) >= 11 is 0. The van der Waals surface area contributed by atoms with E-state index in [2.05, 4.69) is 25.7 Å². The van der Waals surface area contributed by atoms with Crippen molar-refractivity contribution in [3.8, 4) is 0 Å². The topological polar surface area (TPSA) is 40.5 Å². The van der Waals surface area contributed by atoms with E-state index in [1.165, 1.54) is 32.1 Å². The molecule has 0 rings (SSSR count). The quantitative estimate of drug-likeness (QED) is 0.597. The van der Waals surface area contributed by atoms with Gasteiger partial charge in [-0.25, -0.2) is 0 Å². The highest BCUT2D eigenvalue weighted by Crippen LogP contribution is 2.15. The first kappa shape index (κ1) is 16.4. The van der Waals surface area contributed by atoms with Crippen molar-refractivity contribution in [2.45, 2.75) is 78.3 Å². The number of carboxylic acids is 1. The first-order valence-electron chi connectivity index (χ1n) is 7.00. The van der Waals surface area contributed by atoms with Gasteiger partial charge in [-0.15, -0.1) is 0 Å². The maximum absolute atomic E-state index is 10.7. The van der Waals surface area contributed by atoms with Gasteiger partial charge in [-0.3, -0.25) is 9.69 Å². The molecule has 102 valence electrons. The van der Waals surface area contributed by atoms with Crippen LogP contribution in [-0.2, 0) is 4.79 Å². The highest BCUT2D eigenvalue weighted by molar-refractivity contribution is 5.67. The van der Waals surface area contributed by atoms with Gasteiger partial charge in [0, 0.05) is 12.1 Å². The van der Waals surface area contributed by atoms with Gasteiger partial charge in [-0.1, -0.05) is 39.5 Å². The molecule has 0 radical (unpaired) electrons. The van der Waals surface area contributed by atoms with Crippen molar-refractivity contribution in [1.29, 1.82) is 0 Å². The Balaban J connectivity index is 4.01. The Bertz CT molecular complexity index is 206. The lowest BCUT2D eigenvalue weighted by Crippen LogP contribution is -2.41. The van der Waals surface area contributed by atoms with Crippen LogP contribution < -0.4 is 0 Å². The SMILES string of the molecule is CCCCCCC(C)N(CC)C(C)CC(=O)O. The molecule has 1 N–H and O–H groups in total. The highest BCUT2D eigenvalue weighted by atomic mass is 16.4. The Hall–Kier alpha value is -0.570. The molecule has 2 atom stereocenters. The molecule has 0 aliphatic carbocycles. The third-order valence-electron chi connectivity index (χ3n) is 3.44. The van der Waals surface area contributed by atoms with E-state index < -0.39 is 5.97 Å². The Morgan fingerprint density at radius 1 is 1.12 bits per heavy atom. The number of nitrogens with zero attached hydrogens (tertiary/aromatic N) is 1. The normalized spacial score (nSPS) is 14.9. The average molecular weight is 243 g/mol. The Morgan fingerprint density at radius 2 is 1.76 bits per heavy atom. The maximum Gasteiger partial charge on any atom is 0.304 e. The predicted molar refractivity (Wildman–Crippen MR) is 72.3 cm³/mol. The number of hydrogen-bond acceptors (Lipinski definition) is 2. The molecule has 0 heterocycles. The van der Waals surface area contributed by atoms with Crippen molar-refractivity contribution in [1.82, 2.24) is 4.90 Å². The highest BCUT2D eigenvalue weighted by Gasteiger charge is 2.20. The fourth-order valence-corrected chi connectivity index (χ4v) is 2.46. The molecule has 0 amide bonds. The Morgan fingerprint density at radius 3 is 2.24 bits per heavy atom. The van der Waals surface area contributed by atoms with Gasteiger partial charge in [0.25, 0.3) is 0 Å². The number of carboxylic acid groups (broad SMARTS) is 1. The lowest BCUT2D eigenvalue weighted by atomic mass is 10.0. The lowest BCUT2D eigenvalue weighted by Gasteiger charge is -2.33. The minimum absolute atomic E-state index is 0.138. The molecule has 17 heavy (non-hydrogen) atoms. The van der Waals surface area contributed by atoms with Crippen LogP contribution in [0.4, 0.5) is 0 Å². The molecule has 0 aliphatic rings. The summed E-state index contributed by atoms with van der Waals surface area (Å²) in [6, 6.07) is 0.630. The third kappa shape index (κ3) is 7.37. The van der Waals surface area contributed by atoms with Crippen molar-refractivity contribution < 1.29 is 9.90 Å². The van der Waals surface area contributed by atoms with Gasteiger partial charge in [-0.2, -0.15) is 0 Å². The van der Waals surface area contributed by atoms with Crippen molar-refractivity contribution in [2.75, 3.05) is 6.54 Å². The molecule has 0 aromatic rings. The van der Waals surface area contributed by atoms with Gasteiger partial charge in [0.2, 0.25) is 0 Å². The standard InChI is InChI=1S/C14H29NO2/c1-5-7-8-9-10-12(3)15(6-2)13(4)11-14(16)17/h12-13H,5-11H2,1-4H3,(H,16,17). The van der Waals surface area contributed by atoms with Gasteiger partial charge in [0.05, 0.1) is 6.42 Å². The first-order chi connectivity index (χ1) is 8.02. The molecule has 0 aromatic carbocycles. The van der Waals surface area contributed by atoms with Crippen molar-refractivity contribution in [3.63, 3.8) is 0 Å². The Labute approximate surface area is 106 Å². The zero-order valence-corrected chi connectivity index (χ0v) is 11.9. The van der Waals surface area contributed by atoms with Crippen LogP contribution in [0.15, 0.2) is 0 Å². The van der Waals surface area contributed by atoms with Gasteiger partial charge in [-0.05, 0) is 26.8 Å². The summed E-state index contributed by atoms with van der Waals surface area (Å²) in [5, 5.41) is 8.83. The number of carbonyl (C=O) groups is 1. The van der Waals surface area contributed by atoms with Crippen molar-refractivity contribution in [2.24, 2.45) is 0 Å². The number of aliphatic carboxylic acids is 1. The molecular formula is C14H29NO2. The van der Waals surface area contributed by atoms with Crippen LogP contribution in [0.3, 0.4) is 0 Å². The molecule has 2 unspecified atom stereocenters. The number of rotatable bonds is 10. The Kier molecular flexibility index (Phi) is 9.14. The van der Waals surface area contributed by atoms with Crippen molar-refractivity contribution in [3.05, 3.63) is 0 Å². The number of hydrogen-bond donors (Lipinski definition) is 1. The van der Waals surface area contributed by atoms with Crippen LogP contribution in [-0.4, -0.2) is 34.6 Å². The summed E-state index contributed by atoms with van der Waals surface area (Å²) in [6.07, 6.45) is 6.55. The zero-order chi connectivity index (χ0) is 13.3. The van der Waals surface area contributed by atoms with Gasteiger partial charge < -0.3 is 5.11 Å². The van der Waals surface area contributed by atoms with E-state index in [4.69, 9.17) is 5.11 Å². The monoisotopic (exact) mass is 243 g/mol. The smallest absolute Gasteiger partial charge is 0.304 e.